The van der Waals surface area contributed by atoms with Crippen LogP contribution in [-0.2, 0) is 0 Å². The maximum Gasteiger partial charge on any atom is 0.178 e. The number of fused-ring (bicyclic) bond motifs is 1. The molecule has 0 amide bonds. The third-order valence-corrected chi connectivity index (χ3v) is 3.73. The highest BCUT2D eigenvalue weighted by Crippen LogP contribution is 2.27. The van der Waals surface area contributed by atoms with Crippen molar-refractivity contribution in [3.63, 3.8) is 0 Å². The van der Waals surface area contributed by atoms with E-state index in [2.05, 4.69) is 23.7 Å². The normalized spacial score (nSPS) is 13.5. The zero-order valence-corrected chi connectivity index (χ0v) is 13.6. The first-order valence-corrected chi connectivity index (χ1v) is 7.44. The number of halogens is 2. The van der Waals surface area contributed by atoms with Crippen molar-refractivity contribution < 1.29 is 8.78 Å². The van der Waals surface area contributed by atoms with Crippen LogP contribution in [0.15, 0.2) is 12.1 Å². The van der Waals surface area contributed by atoms with Crippen LogP contribution in [0.2, 0.25) is 0 Å². The maximum atomic E-state index is 13.9. The number of hydrogen-bond acceptors (Lipinski definition) is 2. The summed E-state index contributed by atoms with van der Waals surface area (Å²) in [5.41, 5.74) is 0.763. The van der Waals surface area contributed by atoms with Gasteiger partial charge in [-0.25, -0.2) is 8.78 Å². The summed E-state index contributed by atoms with van der Waals surface area (Å²) in [4.78, 5) is 4.93. The van der Waals surface area contributed by atoms with Crippen LogP contribution in [0.5, 0.6) is 0 Å². The van der Waals surface area contributed by atoms with Crippen LogP contribution in [0, 0.1) is 22.3 Å². The van der Waals surface area contributed by atoms with E-state index in [4.69, 9.17) is 12.2 Å². The molecule has 21 heavy (non-hydrogen) atoms. The molecule has 0 spiro atoms. The van der Waals surface area contributed by atoms with Gasteiger partial charge >= 0.3 is 0 Å². The number of hydrogen-bond donors (Lipinski definition) is 1. The molecule has 1 aromatic heterocycles. The molecule has 3 nitrogen and oxygen atoms in total. The number of benzene rings is 1. The number of aromatic amines is 1. The fourth-order valence-corrected chi connectivity index (χ4v) is 3.09. The highest BCUT2D eigenvalue weighted by Gasteiger charge is 2.20. The van der Waals surface area contributed by atoms with Gasteiger partial charge in [-0.1, -0.05) is 13.8 Å². The number of imidazole rings is 1. The number of rotatable bonds is 5. The van der Waals surface area contributed by atoms with Gasteiger partial charge in [0, 0.05) is 18.7 Å². The van der Waals surface area contributed by atoms with Gasteiger partial charge in [-0.3, -0.25) is 0 Å². The molecule has 1 aromatic carbocycles. The van der Waals surface area contributed by atoms with Gasteiger partial charge in [-0.05, 0) is 44.7 Å². The number of H-pyrrole nitrogens is 1. The third-order valence-electron chi connectivity index (χ3n) is 3.43. The van der Waals surface area contributed by atoms with E-state index in [1.54, 1.807) is 0 Å². The van der Waals surface area contributed by atoms with E-state index in [1.807, 2.05) is 18.7 Å². The summed E-state index contributed by atoms with van der Waals surface area (Å²) in [7, 11) is 3.96. The largest absolute Gasteiger partial charge is 0.328 e. The fraction of sp³-hybridized carbons (Fsp3) is 0.533. The van der Waals surface area contributed by atoms with Crippen molar-refractivity contribution >= 4 is 23.3 Å². The molecule has 0 saturated carbocycles. The minimum Gasteiger partial charge on any atom is -0.328 e. The van der Waals surface area contributed by atoms with Gasteiger partial charge in [0.05, 0.1) is 5.52 Å². The number of nitrogens with zero attached hydrogens (tertiary/aromatic N) is 2. The predicted molar refractivity (Wildman–Crippen MR) is 84.1 cm³/mol. The first-order valence-electron chi connectivity index (χ1n) is 7.03. The summed E-state index contributed by atoms with van der Waals surface area (Å²) in [6.07, 6.45) is 0.886. The van der Waals surface area contributed by atoms with Gasteiger partial charge in [0.15, 0.2) is 10.6 Å². The van der Waals surface area contributed by atoms with Crippen molar-refractivity contribution in [1.82, 2.24) is 14.5 Å². The molecule has 0 bridgehead atoms. The molecule has 2 aromatic rings. The van der Waals surface area contributed by atoms with E-state index in [1.165, 1.54) is 6.07 Å². The third kappa shape index (κ3) is 3.49. The summed E-state index contributed by atoms with van der Waals surface area (Å²) < 4.78 is 29.7. The highest BCUT2D eigenvalue weighted by molar-refractivity contribution is 7.71. The van der Waals surface area contributed by atoms with Crippen molar-refractivity contribution in [1.29, 1.82) is 0 Å². The van der Waals surface area contributed by atoms with E-state index in [9.17, 15) is 8.78 Å². The molecule has 1 atom stereocenters. The van der Waals surface area contributed by atoms with Gasteiger partial charge in [-0.15, -0.1) is 0 Å². The lowest BCUT2D eigenvalue weighted by Gasteiger charge is -2.25. The van der Waals surface area contributed by atoms with Crippen molar-refractivity contribution in [2.45, 2.75) is 26.3 Å². The second-order valence-electron chi connectivity index (χ2n) is 6.13. The van der Waals surface area contributed by atoms with E-state index in [0.29, 0.717) is 16.2 Å². The topological polar surface area (TPSA) is 24.0 Å². The predicted octanol–water partition coefficient (Wildman–Crippen LogP) is 4.13. The quantitative estimate of drug-likeness (QED) is 0.839. The van der Waals surface area contributed by atoms with Crippen molar-refractivity contribution in [2.75, 3.05) is 20.6 Å². The van der Waals surface area contributed by atoms with Crippen LogP contribution >= 0.6 is 12.2 Å². The average molecular weight is 313 g/mol. The van der Waals surface area contributed by atoms with Crippen LogP contribution in [-0.4, -0.2) is 35.1 Å². The Morgan fingerprint density at radius 2 is 1.95 bits per heavy atom. The minimum absolute atomic E-state index is 0.0717. The molecular weight excluding hydrogens is 292 g/mol. The summed E-state index contributed by atoms with van der Waals surface area (Å²) in [5.74, 6) is -0.737. The molecule has 0 aliphatic carbocycles. The highest BCUT2D eigenvalue weighted by atomic mass is 32.1. The van der Waals surface area contributed by atoms with Crippen LogP contribution in [0.1, 0.15) is 26.3 Å². The molecule has 0 aliphatic heterocycles. The maximum absolute atomic E-state index is 13.9. The molecule has 0 fully saturated rings. The van der Waals surface area contributed by atoms with Gasteiger partial charge in [0.2, 0.25) is 0 Å². The van der Waals surface area contributed by atoms with Gasteiger partial charge in [0.1, 0.15) is 11.3 Å². The molecular formula is C15H21F2N3S. The molecule has 2 rings (SSSR count). The Kier molecular flexibility index (Phi) is 4.78. The Hall–Kier alpha value is -1.27. The fourth-order valence-electron chi connectivity index (χ4n) is 2.74. The molecule has 0 aliphatic rings. The molecule has 6 heteroatoms. The molecule has 1 unspecified atom stereocenters. The molecule has 1 N–H and O–H groups in total. The Bertz CT molecular complexity index is 678. The van der Waals surface area contributed by atoms with Crippen molar-refractivity contribution in [2.24, 2.45) is 5.92 Å². The Labute approximate surface area is 128 Å². The van der Waals surface area contributed by atoms with Crippen molar-refractivity contribution in [3.8, 4) is 0 Å². The van der Waals surface area contributed by atoms with Gasteiger partial charge in [-0.2, -0.15) is 0 Å². The monoisotopic (exact) mass is 313 g/mol. The van der Waals surface area contributed by atoms with Gasteiger partial charge in [0.25, 0.3) is 0 Å². The van der Waals surface area contributed by atoms with Gasteiger partial charge < -0.3 is 14.5 Å². The summed E-state index contributed by atoms with van der Waals surface area (Å²) in [5, 5.41) is 0. The van der Waals surface area contributed by atoms with Crippen LogP contribution in [0.25, 0.3) is 11.0 Å². The lowest BCUT2D eigenvalue weighted by atomic mass is 10.0. The van der Waals surface area contributed by atoms with Crippen LogP contribution in [0.4, 0.5) is 8.78 Å². The summed E-state index contributed by atoms with van der Waals surface area (Å²) in [6.45, 7) is 5.02. The summed E-state index contributed by atoms with van der Waals surface area (Å²) in [6, 6.07) is 2.29. The minimum atomic E-state index is -0.608. The lowest BCUT2D eigenvalue weighted by Crippen LogP contribution is -2.26. The SMILES string of the molecule is CC(C)CC(CN(C)C)n1c(=S)[nH]c2c(F)cc(F)cc21. The molecule has 0 saturated heterocycles. The Morgan fingerprint density at radius 1 is 1.29 bits per heavy atom. The average Bonchev–Trinajstić information content (AvgIpc) is 2.63. The molecule has 0 radical (unpaired) electrons. The zero-order chi connectivity index (χ0) is 15.7. The first kappa shape index (κ1) is 16.1. The first-order chi connectivity index (χ1) is 9.79. The smallest absolute Gasteiger partial charge is 0.178 e. The van der Waals surface area contributed by atoms with Crippen LogP contribution < -0.4 is 0 Å². The second kappa shape index (κ2) is 6.23. The van der Waals surface area contributed by atoms with E-state index in [-0.39, 0.29) is 11.6 Å². The van der Waals surface area contributed by atoms with E-state index >= 15 is 0 Å². The Balaban J connectivity index is 2.61. The van der Waals surface area contributed by atoms with Crippen molar-refractivity contribution in [3.05, 3.63) is 28.5 Å². The zero-order valence-electron chi connectivity index (χ0n) is 12.8. The second-order valence-corrected chi connectivity index (χ2v) is 6.51. The van der Waals surface area contributed by atoms with E-state index in [0.717, 1.165) is 19.0 Å². The van der Waals surface area contributed by atoms with Crippen LogP contribution in [0.3, 0.4) is 0 Å². The number of aromatic nitrogens is 2. The molecule has 116 valence electrons. The standard InChI is InChI=1S/C15H21F2N3S/c1-9(2)5-11(8-19(3)4)20-13-7-10(16)6-12(17)14(13)18-15(20)21/h6-7,9,11H,5,8H2,1-4H3,(H,18,21). The lowest BCUT2D eigenvalue weighted by molar-refractivity contribution is 0.291. The molecule has 1 heterocycles. The number of nitrogens with one attached hydrogen (secondary N) is 1. The van der Waals surface area contributed by atoms with E-state index < -0.39 is 11.6 Å². The Morgan fingerprint density at radius 3 is 2.52 bits per heavy atom. The summed E-state index contributed by atoms with van der Waals surface area (Å²) >= 11 is 5.34. The number of likely N-dealkylation sites (N-methyl/N-ethyl adjacent to an activating group) is 1.